The molecule has 1 aromatic carbocycles. The van der Waals surface area contributed by atoms with Crippen LogP contribution in [0, 0.1) is 0 Å². The van der Waals surface area contributed by atoms with E-state index in [0.717, 1.165) is 0 Å². The summed E-state index contributed by atoms with van der Waals surface area (Å²) < 4.78 is 1.32. The van der Waals surface area contributed by atoms with Crippen LogP contribution in [0.4, 0.5) is 5.69 Å². The number of rotatable bonds is 4. The number of aliphatic hydroxyl groups is 1. The van der Waals surface area contributed by atoms with Crippen LogP contribution in [0.15, 0.2) is 41.5 Å². The number of nitrogens with zero attached hydrogens (tertiary/aromatic N) is 2. The first-order valence-electron chi connectivity index (χ1n) is 6.24. The average Bonchev–Trinajstić information content (AvgIpc) is 2.49. The predicted octanol–water partition coefficient (Wildman–Crippen LogP) is 1.07. The van der Waals surface area contributed by atoms with Gasteiger partial charge >= 0.3 is 0 Å². The van der Waals surface area contributed by atoms with E-state index < -0.39 is 12.2 Å². The fraction of sp³-hybridized carbons (Fsp3) is 0.214. The quantitative estimate of drug-likeness (QED) is 0.872. The van der Waals surface area contributed by atoms with E-state index in [1.165, 1.54) is 10.9 Å². The van der Waals surface area contributed by atoms with E-state index >= 15 is 0 Å². The highest BCUT2D eigenvalue weighted by Gasteiger charge is 2.14. The summed E-state index contributed by atoms with van der Waals surface area (Å²) in [5.74, 6) is -0.301. The largest absolute Gasteiger partial charge is 0.390 e. The fourth-order valence-corrected chi connectivity index (χ4v) is 1.73. The molecule has 0 saturated carbocycles. The van der Waals surface area contributed by atoms with Gasteiger partial charge in [0, 0.05) is 6.42 Å². The van der Waals surface area contributed by atoms with E-state index in [4.69, 9.17) is 0 Å². The van der Waals surface area contributed by atoms with Crippen LogP contribution < -0.4 is 10.9 Å². The Hall–Kier alpha value is -2.47. The highest BCUT2D eigenvalue weighted by molar-refractivity contribution is 5.90. The van der Waals surface area contributed by atoms with Crippen LogP contribution in [-0.2, 0) is 11.4 Å². The Bertz CT molecular complexity index is 665. The lowest BCUT2D eigenvalue weighted by Crippen LogP contribution is -2.27. The molecule has 1 amide bonds. The number of para-hydroxylation sites is 1. The molecular weight excluding hydrogens is 258 g/mol. The molecular formula is C14H15N3O3. The molecule has 2 rings (SSSR count). The molecule has 6 heteroatoms. The van der Waals surface area contributed by atoms with Crippen LogP contribution >= 0.6 is 0 Å². The third-order valence-corrected chi connectivity index (χ3v) is 2.82. The normalized spacial score (nSPS) is 10.3. The van der Waals surface area contributed by atoms with Gasteiger partial charge in [-0.15, -0.1) is 0 Å². The monoisotopic (exact) mass is 273 g/mol. The number of hydrogen-bond acceptors (Lipinski definition) is 4. The molecule has 1 aromatic heterocycles. The molecule has 0 fully saturated rings. The summed E-state index contributed by atoms with van der Waals surface area (Å²) in [5.41, 5.74) is 0.397. The number of aromatic nitrogens is 2. The Labute approximate surface area is 115 Å². The van der Waals surface area contributed by atoms with Crippen molar-refractivity contribution in [2.24, 2.45) is 0 Å². The molecule has 0 aliphatic carbocycles. The Balaban J connectivity index is 2.55. The van der Waals surface area contributed by atoms with Crippen LogP contribution in [0.1, 0.15) is 19.0 Å². The summed E-state index contributed by atoms with van der Waals surface area (Å²) in [4.78, 5) is 27.9. The number of aliphatic hydroxyl groups excluding tert-OH is 1. The van der Waals surface area contributed by atoms with Gasteiger partial charge in [0.2, 0.25) is 5.91 Å². The molecule has 1 heterocycles. The maximum Gasteiger partial charge on any atom is 0.282 e. The summed E-state index contributed by atoms with van der Waals surface area (Å²) in [7, 11) is 0. The van der Waals surface area contributed by atoms with Gasteiger partial charge in [-0.1, -0.05) is 25.1 Å². The van der Waals surface area contributed by atoms with E-state index in [0.29, 0.717) is 5.69 Å². The number of anilines is 1. The molecule has 104 valence electrons. The van der Waals surface area contributed by atoms with Gasteiger partial charge < -0.3 is 10.4 Å². The number of amides is 1. The first-order valence-corrected chi connectivity index (χ1v) is 6.24. The van der Waals surface area contributed by atoms with Gasteiger partial charge in [-0.25, -0.2) is 4.98 Å². The van der Waals surface area contributed by atoms with Crippen molar-refractivity contribution in [1.29, 1.82) is 0 Å². The molecule has 0 atom stereocenters. The molecule has 0 unspecified atom stereocenters. The Morgan fingerprint density at radius 2 is 2.05 bits per heavy atom. The summed E-state index contributed by atoms with van der Waals surface area (Å²) in [6.07, 6.45) is 1.58. The second kappa shape index (κ2) is 6.12. The Kier molecular flexibility index (Phi) is 4.27. The van der Waals surface area contributed by atoms with Crippen molar-refractivity contribution >= 4 is 11.6 Å². The third-order valence-electron chi connectivity index (χ3n) is 2.82. The van der Waals surface area contributed by atoms with E-state index in [-0.39, 0.29) is 23.7 Å². The Morgan fingerprint density at radius 1 is 1.35 bits per heavy atom. The van der Waals surface area contributed by atoms with E-state index in [2.05, 4.69) is 10.3 Å². The van der Waals surface area contributed by atoms with Crippen molar-refractivity contribution in [2.75, 3.05) is 5.32 Å². The van der Waals surface area contributed by atoms with Gasteiger partial charge in [0.15, 0.2) is 0 Å². The molecule has 0 spiro atoms. The summed E-state index contributed by atoms with van der Waals surface area (Å²) >= 11 is 0. The van der Waals surface area contributed by atoms with Crippen LogP contribution in [0.3, 0.4) is 0 Å². The van der Waals surface area contributed by atoms with Crippen molar-refractivity contribution in [3.63, 3.8) is 0 Å². The topological polar surface area (TPSA) is 84.2 Å². The van der Waals surface area contributed by atoms with Crippen molar-refractivity contribution in [2.45, 2.75) is 20.0 Å². The zero-order chi connectivity index (χ0) is 14.5. The van der Waals surface area contributed by atoms with Crippen molar-refractivity contribution in [3.05, 3.63) is 52.7 Å². The first-order chi connectivity index (χ1) is 9.67. The first kappa shape index (κ1) is 14.0. The molecule has 2 N–H and O–H groups in total. The minimum Gasteiger partial charge on any atom is -0.390 e. The highest BCUT2D eigenvalue weighted by atomic mass is 16.3. The molecule has 2 aromatic rings. The van der Waals surface area contributed by atoms with Gasteiger partial charge in [-0.05, 0) is 12.1 Å². The summed E-state index contributed by atoms with van der Waals surface area (Å²) in [5, 5.41) is 11.7. The molecule has 6 nitrogen and oxygen atoms in total. The standard InChI is InChI=1S/C14H15N3O3/c1-2-12(19)16-13-11(8-18)15-9-17(14(13)20)10-6-4-3-5-7-10/h3-7,9,18H,2,8H2,1H3,(H,16,19). The smallest absolute Gasteiger partial charge is 0.282 e. The van der Waals surface area contributed by atoms with Crippen LogP contribution in [-0.4, -0.2) is 20.6 Å². The van der Waals surface area contributed by atoms with E-state index in [1.807, 2.05) is 6.07 Å². The number of benzene rings is 1. The number of carbonyl (C=O) groups is 1. The van der Waals surface area contributed by atoms with Gasteiger partial charge in [-0.3, -0.25) is 14.2 Å². The van der Waals surface area contributed by atoms with Crippen molar-refractivity contribution < 1.29 is 9.90 Å². The molecule has 0 bridgehead atoms. The maximum absolute atomic E-state index is 12.4. The van der Waals surface area contributed by atoms with Crippen LogP contribution in [0.5, 0.6) is 0 Å². The summed E-state index contributed by atoms with van der Waals surface area (Å²) in [6, 6.07) is 8.95. The zero-order valence-corrected chi connectivity index (χ0v) is 11.0. The molecule has 0 radical (unpaired) electrons. The van der Waals surface area contributed by atoms with E-state index in [9.17, 15) is 14.7 Å². The molecule has 20 heavy (non-hydrogen) atoms. The van der Waals surface area contributed by atoms with Crippen LogP contribution in [0.25, 0.3) is 5.69 Å². The molecule has 0 saturated heterocycles. The lowest BCUT2D eigenvalue weighted by molar-refractivity contribution is -0.115. The Morgan fingerprint density at radius 3 is 2.65 bits per heavy atom. The lowest BCUT2D eigenvalue weighted by atomic mass is 10.3. The van der Waals surface area contributed by atoms with Gasteiger partial charge in [-0.2, -0.15) is 0 Å². The second-order valence-electron chi connectivity index (χ2n) is 4.14. The number of nitrogens with one attached hydrogen (secondary N) is 1. The lowest BCUT2D eigenvalue weighted by Gasteiger charge is -2.11. The van der Waals surface area contributed by atoms with Crippen molar-refractivity contribution in [1.82, 2.24) is 9.55 Å². The molecule has 0 aliphatic heterocycles. The minimum atomic E-state index is -0.419. The summed E-state index contributed by atoms with van der Waals surface area (Å²) in [6.45, 7) is 1.27. The average molecular weight is 273 g/mol. The predicted molar refractivity (Wildman–Crippen MR) is 74.7 cm³/mol. The van der Waals surface area contributed by atoms with Gasteiger partial charge in [0.1, 0.15) is 12.0 Å². The van der Waals surface area contributed by atoms with Gasteiger partial charge in [0.05, 0.1) is 18.0 Å². The van der Waals surface area contributed by atoms with Crippen LogP contribution in [0.2, 0.25) is 0 Å². The second-order valence-corrected chi connectivity index (χ2v) is 4.14. The number of carbonyl (C=O) groups excluding carboxylic acids is 1. The minimum absolute atomic E-state index is 0.0192. The molecule has 0 aliphatic rings. The zero-order valence-electron chi connectivity index (χ0n) is 11.0. The fourth-order valence-electron chi connectivity index (χ4n) is 1.73. The highest BCUT2D eigenvalue weighted by Crippen LogP contribution is 2.10. The van der Waals surface area contributed by atoms with Gasteiger partial charge in [0.25, 0.3) is 5.56 Å². The SMILES string of the molecule is CCC(=O)Nc1c(CO)ncn(-c2ccccc2)c1=O. The van der Waals surface area contributed by atoms with E-state index in [1.54, 1.807) is 31.2 Å². The third kappa shape index (κ3) is 2.75. The maximum atomic E-state index is 12.4. The van der Waals surface area contributed by atoms with Crippen molar-refractivity contribution in [3.8, 4) is 5.69 Å². The number of hydrogen-bond donors (Lipinski definition) is 2.